The lowest BCUT2D eigenvalue weighted by molar-refractivity contribution is -0.124. The van der Waals surface area contributed by atoms with E-state index >= 15 is 0 Å². The number of nitrogens with zero attached hydrogens (tertiary/aromatic N) is 2. The van der Waals surface area contributed by atoms with Crippen LogP contribution in [0.15, 0.2) is 64.1 Å². The van der Waals surface area contributed by atoms with Gasteiger partial charge in [-0.3, -0.25) is 14.4 Å². The molecule has 2 bridgehead atoms. The summed E-state index contributed by atoms with van der Waals surface area (Å²) in [4.78, 5) is 43.1. The van der Waals surface area contributed by atoms with Crippen molar-refractivity contribution >= 4 is 39.3 Å². The minimum atomic E-state index is -4.27. The zero-order valence-electron chi connectivity index (χ0n) is 22.6. The first kappa shape index (κ1) is 30.7. The number of amides is 3. The number of nitrogens with one attached hydrogen (secondary N) is 4. The number of nitriles is 1. The Morgan fingerprint density at radius 1 is 1.10 bits per heavy atom. The molecule has 3 atom stereocenters. The zero-order chi connectivity index (χ0) is 30.3. The smallest absolute Gasteiger partial charge is 0.273 e. The topological polar surface area (TPSA) is 183 Å². The normalized spacial score (nSPS) is 20.6. The van der Waals surface area contributed by atoms with Crippen LogP contribution in [-0.2, 0) is 26.0 Å². The molecule has 12 nitrogen and oxygen atoms in total. The molecule has 0 unspecified atom stereocenters. The van der Waals surface area contributed by atoms with Gasteiger partial charge in [0.05, 0.1) is 16.7 Å². The van der Waals surface area contributed by atoms with Gasteiger partial charge in [0.1, 0.15) is 29.3 Å². The summed E-state index contributed by atoms with van der Waals surface area (Å²) in [7, 11) is -4.27. The maximum absolute atomic E-state index is 13.2. The van der Waals surface area contributed by atoms with Crippen molar-refractivity contribution in [2.24, 2.45) is 0 Å². The average molecular weight is 613 g/mol. The molecule has 42 heavy (non-hydrogen) atoms. The molecule has 0 radical (unpaired) electrons. The van der Waals surface area contributed by atoms with Gasteiger partial charge in [0, 0.05) is 13.0 Å². The molecule has 14 heteroatoms. The summed E-state index contributed by atoms with van der Waals surface area (Å²) in [6, 6.07) is 11.9. The predicted octanol–water partition coefficient (Wildman–Crippen LogP) is 2.37. The highest BCUT2D eigenvalue weighted by Crippen LogP contribution is 2.23. The molecule has 1 aliphatic rings. The molecule has 4 rings (SSSR count). The monoisotopic (exact) mass is 612 g/mol. The molecule has 0 spiro atoms. The van der Waals surface area contributed by atoms with E-state index in [0.29, 0.717) is 12.8 Å². The van der Waals surface area contributed by atoms with Crippen LogP contribution < -0.4 is 20.7 Å². The third-order valence-electron chi connectivity index (χ3n) is 6.57. The van der Waals surface area contributed by atoms with E-state index in [1.807, 2.05) is 36.4 Å². The van der Waals surface area contributed by atoms with Gasteiger partial charge in [-0.15, -0.1) is 0 Å². The first-order chi connectivity index (χ1) is 20.1. The number of benzene rings is 2. The number of rotatable bonds is 5. The molecule has 1 aromatic heterocycles. The van der Waals surface area contributed by atoms with Crippen LogP contribution >= 0.6 is 11.6 Å². The Morgan fingerprint density at radius 2 is 1.86 bits per heavy atom. The van der Waals surface area contributed by atoms with Crippen LogP contribution in [0.1, 0.15) is 59.7 Å². The van der Waals surface area contributed by atoms with Crippen molar-refractivity contribution in [3.63, 3.8) is 0 Å². The van der Waals surface area contributed by atoms with E-state index < -0.39 is 45.9 Å². The molecule has 0 saturated carbocycles. The van der Waals surface area contributed by atoms with Crippen molar-refractivity contribution in [2.45, 2.75) is 55.6 Å². The van der Waals surface area contributed by atoms with Gasteiger partial charge in [0.25, 0.3) is 5.91 Å². The average Bonchev–Trinajstić information content (AvgIpc) is 3.46. The van der Waals surface area contributed by atoms with Crippen LogP contribution in [-0.4, -0.2) is 49.8 Å². The number of carbonyl (C=O) groups excluding carboxylic acids is 3. The minimum Gasteiger partial charge on any atom is -0.446 e. The molecular formula is C28H29ClN6O6S. The molecule has 3 amide bonds. The number of aromatic nitrogens is 1. The lowest BCUT2D eigenvalue weighted by Crippen LogP contribution is -2.49. The van der Waals surface area contributed by atoms with Crippen molar-refractivity contribution in [3.05, 3.63) is 82.5 Å². The molecule has 220 valence electrons. The van der Waals surface area contributed by atoms with Gasteiger partial charge < -0.3 is 20.4 Å². The van der Waals surface area contributed by atoms with Gasteiger partial charge in [-0.1, -0.05) is 41.9 Å². The summed E-state index contributed by atoms with van der Waals surface area (Å²) in [5.74, 6) is -1.67. The Balaban J connectivity index is 1.56. The van der Waals surface area contributed by atoms with Crippen LogP contribution in [0.4, 0.5) is 0 Å². The standard InChI is InChI=1S/C28H29ClN6O6S/c1-17-28-34-23(16-41-28)27(38)33-22(14-18-7-3-2-4-8-18)25(36)31-12-6-5-9-21(26(37)32-17)35-42(39,40)24-11-10-19(15-30)13-20(24)29/h2-4,7-8,10-11,13,16-17,21-22,35H,5-6,9,12,14H2,1H3,(H,31,36)(H,32,37)(H,33,38)/t17-,21-,22-/m0/s1. The summed E-state index contributed by atoms with van der Waals surface area (Å²) in [6.07, 6.45) is 2.27. The number of halogens is 1. The van der Waals surface area contributed by atoms with Crippen molar-refractivity contribution in [1.29, 1.82) is 5.26 Å². The van der Waals surface area contributed by atoms with Gasteiger partial charge in [-0.25, -0.2) is 13.4 Å². The number of oxazole rings is 1. The zero-order valence-corrected chi connectivity index (χ0v) is 24.2. The van der Waals surface area contributed by atoms with Crippen molar-refractivity contribution in [3.8, 4) is 6.07 Å². The largest absolute Gasteiger partial charge is 0.446 e. The van der Waals surface area contributed by atoms with Gasteiger partial charge in [0.15, 0.2) is 5.69 Å². The van der Waals surface area contributed by atoms with Gasteiger partial charge in [-0.2, -0.15) is 9.98 Å². The minimum absolute atomic E-state index is 0.0152. The highest BCUT2D eigenvalue weighted by atomic mass is 35.5. The fraction of sp³-hybridized carbons (Fsp3) is 0.321. The molecular weight excluding hydrogens is 584 g/mol. The maximum atomic E-state index is 13.2. The molecule has 4 N–H and O–H groups in total. The van der Waals surface area contributed by atoms with Gasteiger partial charge >= 0.3 is 0 Å². The van der Waals surface area contributed by atoms with Crippen molar-refractivity contribution < 1.29 is 27.2 Å². The first-order valence-electron chi connectivity index (χ1n) is 13.2. The van der Waals surface area contributed by atoms with Crippen LogP contribution in [0.5, 0.6) is 0 Å². The quantitative estimate of drug-likeness (QED) is 0.338. The first-order valence-corrected chi connectivity index (χ1v) is 15.0. The van der Waals surface area contributed by atoms with Gasteiger partial charge in [0.2, 0.25) is 27.7 Å². The second-order valence-electron chi connectivity index (χ2n) is 9.73. The number of fused-ring (bicyclic) bond motifs is 2. The lowest BCUT2D eigenvalue weighted by atomic mass is 10.0. The Labute approximate surface area is 247 Å². The predicted molar refractivity (Wildman–Crippen MR) is 152 cm³/mol. The molecule has 0 aliphatic carbocycles. The van der Waals surface area contributed by atoms with Crippen LogP contribution in [0.3, 0.4) is 0 Å². The molecule has 2 heterocycles. The van der Waals surface area contributed by atoms with E-state index in [0.717, 1.165) is 11.8 Å². The van der Waals surface area contributed by atoms with E-state index in [9.17, 15) is 22.8 Å². The van der Waals surface area contributed by atoms with Crippen LogP contribution in [0, 0.1) is 11.3 Å². The Morgan fingerprint density at radius 3 is 2.57 bits per heavy atom. The van der Waals surface area contributed by atoms with E-state index in [1.165, 1.54) is 18.2 Å². The highest BCUT2D eigenvalue weighted by Gasteiger charge is 2.30. The summed E-state index contributed by atoms with van der Waals surface area (Å²) in [6.45, 7) is 1.80. The summed E-state index contributed by atoms with van der Waals surface area (Å²) < 4.78 is 34.2. The maximum Gasteiger partial charge on any atom is 0.273 e. The number of sulfonamides is 1. The van der Waals surface area contributed by atoms with Crippen molar-refractivity contribution in [1.82, 2.24) is 25.7 Å². The molecule has 1 aliphatic heterocycles. The number of hydrogen-bond acceptors (Lipinski definition) is 8. The fourth-order valence-corrected chi connectivity index (χ4v) is 6.12. The Bertz CT molecular complexity index is 1600. The van der Waals surface area contributed by atoms with Crippen molar-refractivity contribution in [2.75, 3.05) is 6.54 Å². The van der Waals surface area contributed by atoms with E-state index in [-0.39, 0.29) is 46.5 Å². The van der Waals surface area contributed by atoms with E-state index in [1.54, 1.807) is 6.92 Å². The Hall–Kier alpha value is -4.25. The number of carbonyl (C=O) groups is 3. The van der Waals surface area contributed by atoms with Gasteiger partial charge in [-0.05, 0) is 49.9 Å². The molecule has 2 aromatic carbocycles. The van der Waals surface area contributed by atoms with Crippen LogP contribution in [0.25, 0.3) is 0 Å². The third-order valence-corrected chi connectivity index (χ3v) is 8.53. The molecule has 0 saturated heterocycles. The third kappa shape index (κ3) is 7.73. The molecule has 3 aromatic rings. The molecule has 0 fully saturated rings. The van der Waals surface area contributed by atoms with E-state index in [2.05, 4.69) is 25.7 Å². The van der Waals surface area contributed by atoms with Crippen LogP contribution in [0.2, 0.25) is 5.02 Å². The Kier molecular flexibility index (Phi) is 9.95. The number of hydrogen-bond donors (Lipinski definition) is 4. The SMILES string of the molecule is C[C@@H]1NC(=O)[C@@H](NS(=O)(=O)c2ccc(C#N)cc2Cl)CCCCNC(=O)[C@H](Cc2ccccc2)NC(=O)c2coc1n2. The second-order valence-corrected chi connectivity index (χ2v) is 11.8. The van der Waals surface area contributed by atoms with E-state index in [4.69, 9.17) is 21.3 Å². The second kappa shape index (κ2) is 13.6. The highest BCUT2D eigenvalue weighted by molar-refractivity contribution is 7.89. The summed E-state index contributed by atoms with van der Waals surface area (Å²) in [5.41, 5.74) is 0.945. The summed E-state index contributed by atoms with van der Waals surface area (Å²) in [5, 5.41) is 17.1. The lowest BCUT2D eigenvalue weighted by Gasteiger charge is -2.21. The summed E-state index contributed by atoms with van der Waals surface area (Å²) >= 11 is 6.13. The fourth-order valence-electron chi connectivity index (χ4n) is 4.35.